The maximum atomic E-state index is 6.02. The van der Waals surface area contributed by atoms with Gasteiger partial charge in [0.15, 0.2) is 5.65 Å². The lowest BCUT2D eigenvalue weighted by Gasteiger charge is -2.04. The van der Waals surface area contributed by atoms with Crippen LogP contribution >= 0.6 is 11.6 Å². The van der Waals surface area contributed by atoms with Crippen molar-refractivity contribution in [3.8, 4) is 0 Å². The first-order valence-corrected chi connectivity index (χ1v) is 5.31. The summed E-state index contributed by atoms with van der Waals surface area (Å²) in [5, 5.41) is 8.91. The maximum Gasteiger partial charge on any atom is 0.179 e. The lowest BCUT2D eigenvalue weighted by atomic mass is 10.1. The lowest BCUT2D eigenvalue weighted by Crippen LogP contribution is -2.03. The molecule has 1 aliphatic rings. The van der Waals surface area contributed by atoms with Gasteiger partial charge in [-0.2, -0.15) is 0 Å². The Labute approximate surface area is 91.8 Å². The summed E-state index contributed by atoms with van der Waals surface area (Å²) in [6.45, 7) is 1.54. The second-order valence-corrected chi connectivity index (χ2v) is 4.08. The van der Waals surface area contributed by atoms with Crippen LogP contribution in [-0.2, 0) is 4.74 Å². The van der Waals surface area contributed by atoms with Gasteiger partial charge in [0.1, 0.15) is 5.82 Å². The summed E-state index contributed by atoms with van der Waals surface area (Å²) in [7, 11) is 0. The van der Waals surface area contributed by atoms with Gasteiger partial charge in [-0.1, -0.05) is 11.6 Å². The highest BCUT2D eigenvalue weighted by Gasteiger charge is 2.23. The Morgan fingerprint density at radius 1 is 1.47 bits per heavy atom. The largest absolute Gasteiger partial charge is 0.381 e. The van der Waals surface area contributed by atoms with Gasteiger partial charge in [-0.25, -0.2) is 0 Å². The second kappa shape index (κ2) is 3.47. The van der Waals surface area contributed by atoms with Crippen LogP contribution in [0.25, 0.3) is 5.65 Å². The van der Waals surface area contributed by atoms with E-state index in [0.29, 0.717) is 10.9 Å². The first-order valence-electron chi connectivity index (χ1n) is 4.93. The van der Waals surface area contributed by atoms with Crippen LogP contribution in [0.15, 0.2) is 18.3 Å². The van der Waals surface area contributed by atoms with Crippen LogP contribution < -0.4 is 0 Å². The molecule has 4 nitrogen and oxygen atoms in total. The molecule has 5 heteroatoms. The lowest BCUT2D eigenvalue weighted by molar-refractivity contribution is 0.193. The van der Waals surface area contributed by atoms with E-state index in [1.807, 2.05) is 22.7 Å². The summed E-state index contributed by atoms with van der Waals surface area (Å²) in [5.41, 5.74) is 0.723. The van der Waals surface area contributed by atoms with Crippen molar-refractivity contribution >= 4 is 17.2 Å². The summed E-state index contributed by atoms with van der Waals surface area (Å²) >= 11 is 6.02. The van der Waals surface area contributed by atoms with Gasteiger partial charge >= 0.3 is 0 Å². The fourth-order valence-corrected chi connectivity index (χ4v) is 2.12. The minimum atomic E-state index is 0.346. The van der Waals surface area contributed by atoms with E-state index >= 15 is 0 Å². The van der Waals surface area contributed by atoms with Crippen LogP contribution in [0.5, 0.6) is 0 Å². The molecular formula is C10H10ClN3O. The molecule has 0 spiro atoms. The number of halogens is 1. The first-order chi connectivity index (χ1) is 7.36. The maximum absolute atomic E-state index is 6.02. The highest BCUT2D eigenvalue weighted by atomic mass is 35.5. The van der Waals surface area contributed by atoms with Gasteiger partial charge in [-0.3, -0.25) is 4.40 Å². The van der Waals surface area contributed by atoms with E-state index in [1.54, 1.807) is 0 Å². The molecule has 0 saturated carbocycles. The molecule has 2 aromatic rings. The molecule has 0 radical (unpaired) electrons. The molecular weight excluding hydrogens is 214 g/mol. The molecule has 78 valence electrons. The average Bonchev–Trinajstić information content (AvgIpc) is 2.85. The van der Waals surface area contributed by atoms with E-state index in [2.05, 4.69) is 10.2 Å². The summed E-state index contributed by atoms with van der Waals surface area (Å²) in [5.74, 6) is 1.29. The summed E-state index contributed by atoms with van der Waals surface area (Å²) in [4.78, 5) is 0. The van der Waals surface area contributed by atoms with E-state index in [-0.39, 0.29) is 0 Å². The zero-order chi connectivity index (χ0) is 10.3. The van der Waals surface area contributed by atoms with E-state index in [0.717, 1.165) is 31.1 Å². The molecule has 3 heterocycles. The smallest absolute Gasteiger partial charge is 0.179 e. The van der Waals surface area contributed by atoms with Crippen molar-refractivity contribution < 1.29 is 4.74 Å². The van der Waals surface area contributed by atoms with Gasteiger partial charge in [0.2, 0.25) is 0 Å². The number of nitrogens with zero attached hydrogens (tertiary/aromatic N) is 3. The Balaban J connectivity index is 2.15. The van der Waals surface area contributed by atoms with Crippen molar-refractivity contribution in [3.05, 3.63) is 29.2 Å². The molecule has 1 saturated heterocycles. The van der Waals surface area contributed by atoms with Crippen LogP contribution in [-0.4, -0.2) is 27.8 Å². The van der Waals surface area contributed by atoms with Crippen molar-refractivity contribution in [1.82, 2.24) is 14.6 Å². The molecule has 1 atom stereocenters. The monoisotopic (exact) mass is 223 g/mol. The standard InChI is InChI=1S/C10H10ClN3O/c11-8-2-1-4-14-9(12-13-10(8)14)7-3-5-15-6-7/h1-2,4,7H,3,5-6H2. The average molecular weight is 224 g/mol. The normalized spacial score (nSPS) is 21.3. The summed E-state index contributed by atoms with van der Waals surface area (Å²) < 4.78 is 7.29. The summed E-state index contributed by atoms with van der Waals surface area (Å²) in [6, 6.07) is 3.72. The SMILES string of the molecule is Clc1cccn2c(C3CCOC3)nnc12. The van der Waals surface area contributed by atoms with E-state index in [1.165, 1.54) is 0 Å². The third-order valence-electron chi connectivity index (χ3n) is 2.71. The minimum Gasteiger partial charge on any atom is -0.381 e. The predicted octanol–water partition coefficient (Wildman–Crippen LogP) is 1.89. The van der Waals surface area contributed by atoms with Crippen LogP contribution in [0.3, 0.4) is 0 Å². The van der Waals surface area contributed by atoms with Gasteiger partial charge in [-0.15, -0.1) is 10.2 Å². The number of aromatic nitrogens is 3. The van der Waals surface area contributed by atoms with Gasteiger partial charge < -0.3 is 4.74 Å². The molecule has 0 bridgehead atoms. The quantitative estimate of drug-likeness (QED) is 0.741. The highest BCUT2D eigenvalue weighted by Crippen LogP contribution is 2.25. The molecule has 1 fully saturated rings. The fourth-order valence-electron chi connectivity index (χ4n) is 1.92. The number of pyridine rings is 1. The number of ether oxygens (including phenoxy) is 1. The Hall–Kier alpha value is -1.13. The molecule has 1 unspecified atom stereocenters. The van der Waals surface area contributed by atoms with Crippen molar-refractivity contribution in [2.75, 3.05) is 13.2 Å². The highest BCUT2D eigenvalue weighted by molar-refractivity contribution is 6.33. The van der Waals surface area contributed by atoms with Gasteiger partial charge in [-0.05, 0) is 18.6 Å². The Morgan fingerprint density at radius 3 is 3.20 bits per heavy atom. The molecule has 15 heavy (non-hydrogen) atoms. The number of rotatable bonds is 1. The topological polar surface area (TPSA) is 39.4 Å². The van der Waals surface area contributed by atoms with Crippen LogP contribution in [0.1, 0.15) is 18.2 Å². The number of hydrogen-bond donors (Lipinski definition) is 0. The molecule has 2 aromatic heterocycles. The van der Waals surface area contributed by atoms with Crippen molar-refractivity contribution in [2.45, 2.75) is 12.3 Å². The van der Waals surface area contributed by atoms with Crippen LogP contribution in [0.4, 0.5) is 0 Å². The molecule has 0 aliphatic carbocycles. The van der Waals surface area contributed by atoms with E-state index in [9.17, 15) is 0 Å². The van der Waals surface area contributed by atoms with E-state index in [4.69, 9.17) is 16.3 Å². The third-order valence-corrected chi connectivity index (χ3v) is 3.00. The van der Waals surface area contributed by atoms with Gasteiger partial charge in [0.25, 0.3) is 0 Å². The van der Waals surface area contributed by atoms with Gasteiger partial charge in [0, 0.05) is 18.7 Å². The first kappa shape index (κ1) is 9.12. The van der Waals surface area contributed by atoms with Crippen molar-refractivity contribution in [2.24, 2.45) is 0 Å². The molecule has 1 aliphatic heterocycles. The molecule has 3 rings (SSSR count). The zero-order valence-electron chi connectivity index (χ0n) is 8.06. The molecule has 0 aromatic carbocycles. The third kappa shape index (κ3) is 1.41. The number of fused-ring (bicyclic) bond motifs is 1. The Bertz CT molecular complexity index is 490. The Morgan fingerprint density at radius 2 is 2.40 bits per heavy atom. The Kier molecular flexibility index (Phi) is 2.11. The molecule has 0 N–H and O–H groups in total. The van der Waals surface area contributed by atoms with Gasteiger partial charge in [0.05, 0.1) is 11.6 Å². The fraction of sp³-hybridized carbons (Fsp3) is 0.400. The van der Waals surface area contributed by atoms with E-state index < -0.39 is 0 Å². The predicted molar refractivity (Wildman–Crippen MR) is 56.2 cm³/mol. The van der Waals surface area contributed by atoms with Crippen molar-refractivity contribution in [3.63, 3.8) is 0 Å². The van der Waals surface area contributed by atoms with Crippen LogP contribution in [0, 0.1) is 0 Å². The van der Waals surface area contributed by atoms with Crippen molar-refractivity contribution in [1.29, 1.82) is 0 Å². The van der Waals surface area contributed by atoms with Crippen LogP contribution in [0.2, 0.25) is 5.02 Å². The minimum absolute atomic E-state index is 0.346. The molecule has 0 amide bonds. The summed E-state index contributed by atoms with van der Waals surface area (Å²) in [6.07, 6.45) is 2.95. The zero-order valence-corrected chi connectivity index (χ0v) is 8.81. The second-order valence-electron chi connectivity index (χ2n) is 3.67. The number of hydrogen-bond acceptors (Lipinski definition) is 3.